The molecule has 0 radical (unpaired) electrons. The van der Waals surface area contributed by atoms with Crippen LogP contribution in [0.2, 0.25) is 5.15 Å². The first kappa shape index (κ1) is 13.4. The van der Waals surface area contributed by atoms with Gasteiger partial charge in [-0.1, -0.05) is 24.6 Å². The lowest BCUT2D eigenvalue weighted by Crippen LogP contribution is -1.99. The van der Waals surface area contributed by atoms with E-state index in [-0.39, 0.29) is 16.7 Å². The van der Waals surface area contributed by atoms with Gasteiger partial charge < -0.3 is 15.2 Å². The molecule has 0 aliphatic rings. The third kappa shape index (κ3) is 2.88. The second kappa shape index (κ2) is 5.75. The van der Waals surface area contributed by atoms with E-state index in [0.717, 1.165) is 12.0 Å². The van der Waals surface area contributed by atoms with Gasteiger partial charge in [-0.05, 0) is 24.1 Å². The zero-order valence-corrected chi connectivity index (χ0v) is 11.4. The molecule has 19 heavy (non-hydrogen) atoms. The number of hydrogen-bond acceptors (Lipinski definition) is 5. The lowest BCUT2D eigenvalue weighted by atomic mass is 10.1. The van der Waals surface area contributed by atoms with E-state index in [1.807, 2.05) is 18.2 Å². The Morgan fingerprint density at radius 2 is 2.05 bits per heavy atom. The zero-order chi connectivity index (χ0) is 13.8. The lowest BCUT2D eigenvalue weighted by molar-refractivity contribution is 0.374. The fourth-order valence-electron chi connectivity index (χ4n) is 1.56. The van der Waals surface area contributed by atoms with E-state index >= 15 is 0 Å². The quantitative estimate of drug-likeness (QED) is 0.871. The first-order chi connectivity index (χ1) is 9.15. The van der Waals surface area contributed by atoms with Crippen LogP contribution in [0.25, 0.3) is 0 Å². The average Bonchev–Trinajstić information content (AvgIpc) is 2.44. The molecule has 0 atom stereocenters. The minimum absolute atomic E-state index is 0.161. The Kier molecular flexibility index (Phi) is 4.06. The van der Waals surface area contributed by atoms with E-state index in [4.69, 9.17) is 26.8 Å². The summed E-state index contributed by atoms with van der Waals surface area (Å²) >= 11 is 5.81. The van der Waals surface area contributed by atoms with Crippen LogP contribution in [0.5, 0.6) is 17.4 Å². The van der Waals surface area contributed by atoms with Gasteiger partial charge >= 0.3 is 0 Å². The Morgan fingerprint density at radius 3 is 2.74 bits per heavy atom. The third-order valence-corrected chi connectivity index (χ3v) is 2.94. The van der Waals surface area contributed by atoms with E-state index in [1.54, 1.807) is 7.11 Å². The Morgan fingerprint density at radius 1 is 1.26 bits per heavy atom. The summed E-state index contributed by atoms with van der Waals surface area (Å²) in [4.78, 5) is 7.72. The van der Waals surface area contributed by atoms with Crippen LogP contribution in [0.15, 0.2) is 24.5 Å². The fourth-order valence-corrected chi connectivity index (χ4v) is 1.69. The molecule has 2 rings (SSSR count). The second-order valence-electron chi connectivity index (χ2n) is 3.82. The normalized spacial score (nSPS) is 10.3. The highest BCUT2D eigenvalue weighted by Crippen LogP contribution is 2.35. The standard InChI is InChI=1S/C13H14ClN3O2/c1-3-8-4-5-9(10(6-8)18-2)19-13-11(15)12(14)16-7-17-13/h4-7H,3,15H2,1-2H3. The van der Waals surface area contributed by atoms with Crippen LogP contribution in [0.3, 0.4) is 0 Å². The fraction of sp³-hybridized carbons (Fsp3) is 0.231. The zero-order valence-electron chi connectivity index (χ0n) is 10.7. The van der Waals surface area contributed by atoms with Gasteiger partial charge in [0.1, 0.15) is 12.0 Å². The summed E-state index contributed by atoms with van der Waals surface area (Å²) in [5.41, 5.74) is 7.11. The van der Waals surface area contributed by atoms with Gasteiger partial charge in [0, 0.05) is 0 Å². The average molecular weight is 280 g/mol. The summed E-state index contributed by atoms with van der Waals surface area (Å²) < 4.78 is 10.9. The van der Waals surface area contributed by atoms with E-state index in [1.165, 1.54) is 6.33 Å². The van der Waals surface area contributed by atoms with E-state index in [2.05, 4.69) is 16.9 Å². The van der Waals surface area contributed by atoms with Gasteiger partial charge in [0.05, 0.1) is 7.11 Å². The SMILES string of the molecule is CCc1ccc(Oc2ncnc(Cl)c2N)c(OC)c1. The van der Waals surface area contributed by atoms with Crippen molar-refractivity contribution in [3.8, 4) is 17.4 Å². The van der Waals surface area contributed by atoms with Crippen LogP contribution in [-0.2, 0) is 6.42 Å². The molecule has 5 nitrogen and oxygen atoms in total. The van der Waals surface area contributed by atoms with Crippen molar-refractivity contribution in [2.45, 2.75) is 13.3 Å². The minimum atomic E-state index is 0.161. The molecular weight excluding hydrogens is 266 g/mol. The highest BCUT2D eigenvalue weighted by molar-refractivity contribution is 6.32. The van der Waals surface area contributed by atoms with Crippen molar-refractivity contribution in [2.24, 2.45) is 0 Å². The van der Waals surface area contributed by atoms with Gasteiger partial charge in [0.25, 0.3) is 0 Å². The molecule has 1 heterocycles. The number of methoxy groups -OCH3 is 1. The van der Waals surface area contributed by atoms with Crippen LogP contribution < -0.4 is 15.2 Å². The van der Waals surface area contributed by atoms with Crippen LogP contribution in [-0.4, -0.2) is 17.1 Å². The number of rotatable bonds is 4. The van der Waals surface area contributed by atoms with Gasteiger partial charge in [-0.25, -0.2) is 4.98 Å². The number of benzene rings is 1. The molecule has 0 fully saturated rings. The molecule has 0 saturated heterocycles. The summed E-state index contributed by atoms with van der Waals surface area (Å²) in [5, 5.41) is 0.161. The van der Waals surface area contributed by atoms with Gasteiger partial charge in [-0.3, -0.25) is 0 Å². The van der Waals surface area contributed by atoms with E-state index in [0.29, 0.717) is 11.5 Å². The monoisotopic (exact) mass is 279 g/mol. The van der Waals surface area contributed by atoms with Crippen LogP contribution >= 0.6 is 11.6 Å². The molecule has 100 valence electrons. The smallest absolute Gasteiger partial charge is 0.247 e. The van der Waals surface area contributed by atoms with Crippen molar-refractivity contribution in [3.05, 3.63) is 35.2 Å². The number of ether oxygens (including phenoxy) is 2. The Bertz CT molecular complexity index is 590. The third-order valence-electron chi connectivity index (χ3n) is 2.64. The first-order valence-electron chi connectivity index (χ1n) is 5.76. The maximum atomic E-state index is 5.81. The van der Waals surface area contributed by atoms with Gasteiger partial charge in [-0.15, -0.1) is 0 Å². The summed E-state index contributed by atoms with van der Waals surface area (Å²) in [6, 6.07) is 5.68. The molecule has 0 bridgehead atoms. The number of nitrogen functional groups attached to an aromatic ring is 1. The summed E-state index contributed by atoms with van der Waals surface area (Å²) in [6.45, 7) is 2.07. The van der Waals surface area contributed by atoms with Gasteiger partial charge in [-0.2, -0.15) is 4.98 Å². The molecule has 0 saturated carbocycles. The number of hydrogen-bond donors (Lipinski definition) is 1. The molecular formula is C13H14ClN3O2. The number of anilines is 1. The van der Waals surface area contributed by atoms with Crippen LogP contribution in [0, 0.1) is 0 Å². The number of aryl methyl sites for hydroxylation is 1. The molecule has 6 heteroatoms. The maximum absolute atomic E-state index is 5.81. The largest absolute Gasteiger partial charge is 0.493 e. The summed E-state index contributed by atoms with van der Waals surface area (Å²) in [7, 11) is 1.58. The van der Waals surface area contributed by atoms with Crippen molar-refractivity contribution in [3.63, 3.8) is 0 Å². The van der Waals surface area contributed by atoms with Gasteiger partial charge in [0.2, 0.25) is 5.88 Å². The highest BCUT2D eigenvalue weighted by atomic mass is 35.5. The number of nitrogens with two attached hydrogens (primary N) is 1. The molecule has 1 aromatic carbocycles. The predicted molar refractivity (Wildman–Crippen MR) is 73.9 cm³/mol. The van der Waals surface area contributed by atoms with E-state index < -0.39 is 0 Å². The van der Waals surface area contributed by atoms with Crippen LogP contribution in [0.1, 0.15) is 12.5 Å². The molecule has 2 aromatic rings. The summed E-state index contributed by atoms with van der Waals surface area (Å²) in [5.74, 6) is 1.36. The Balaban J connectivity index is 2.35. The number of nitrogens with zero attached hydrogens (tertiary/aromatic N) is 2. The van der Waals surface area contributed by atoms with Crippen molar-refractivity contribution in [1.29, 1.82) is 0 Å². The molecule has 0 spiro atoms. The minimum Gasteiger partial charge on any atom is -0.493 e. The van der Waals surface area contributed by atoms with Crippen molar-refractivity contribution < 1.29 is 9.47 Å². The molecule has 1 aromatic heterocycles. The number of aromatic nitrogens is 2. The topological polar surface area (TPSA) is 70.3 Å². The highest BCUT2D eigenvalue weighted by Gasteiger charge is 2.12. The molecule has 2 N–H and O–H groups in total. The second-order valence-corrected chi connectivity index (χ2v) is 4.18. The predicted octanol–water partition coefficient (Wildman–Crippen LogP) is 3.08. The Hall–Kier alpha value is -2.01. The summed E-state index contributed by atoms with van der Waals surface area (Å²) in [6.07, 6.45) is 2.21. The van der Waals surface area contributed by atoms with Crippen LogP contribution in [0.4, 0.5) is 5.69 Å². The number of halogens is 1. The van der Waals surface area contributed by atoms with E-state index in [9.17, 15) is 0 Å². The molecule has 0 amide bonds. The molecule has 0 unspecified atom stereocenters. The molecule has 0 aliphatic heterocycles. The van der Waals surface area contributed by atoms with Crippen molar-refractivity contribution >= 4 is 17.3 Å². The molecule has 0 aliphatic carbocycles. The van der Waals surface area contributed by atoms with Gasteiger partial charge in [0.15, 0.2) is 16.7 Å². The lowest BCUT2D eigenvalue weighted by Gasteiger charge is -2.12. The first-order valence-corrected chi connectivity index (χ1v) is 6.14. The Labute approximate surface area is 116 Å². The van der Waals surface area contributed by atoms with Crippen molar-refractivity contribution in [2.75, 3.05) is 12.8 Å². The maximum Gasteiger partial charge on any atom is 0.247 e. The van der Waals surface area contributed by atoms with Crippen molar-refractivity contribution in [1.82, 2.24) is 9.97 Å².